The summed E-state index contributed by atoms with van der Waals surface area (Å²) in [5.74, 6) is -0.0690. The van der Waals surface area contributed by atoms with Gasteiger partial charge in [0, 0.05) is 19.0 Å². The van der Waals surface area contributed by atoms with E-state index >= 15 is 0 Å². The lowest BCUT2D eigenvalue weighted by atomic mass is 9.91. The first-order chi connectivity index (χ1) is 7.72. The molecule has 0 unspecified atom stereocenters. The van der Waals surface area contributed by atoms with Crippen molar-refractivity contribution in [2.45, 2.75) is 44.2 Å². The zero-order valence-corrected chi connectivity index (χ0v) is 9.32. The van der Waals surface area contributed by atoms with Gasteiger partial charge in [-0.25, -0.2) is 0 Å². The summed E-state index contributed by atoms with van der Waals surface area (Å²) in [6, 6.07) is -0.0863. The largest absolute Gasteiger partial charge is 0.395 e. The van der Waals surface area contributed by atoms with Crippen LogP contribution in [0.3, 0.4) is 0 Å². The molecule has 0 aromatic carbocycles. The summed E-state index contributed by atoms with van der Waals surface area (Å²) in [6.45, 7) is 0.374. The Kier molecular flexibility index (Phi) is 3.43. The molecule has 0 radical (unpaired) electrons. The maximum Gasteiger partial charge on any atom is 0.245 e. The number of nitrogens with zero attached hydrogens (tertiary/aromatic N) is 1. The standard InChI is InChI=1S/C11H18N2O3/c14-7-6-13(8-2-1-3-8)11(16)9-4-5-10(15)12-9/h8-9,14H,1-7H2,(H,12,15)/t9-/m0/s1. The van der Waals surface area contributed by atoms with Crippen molar-refractivity contribution < 1.29 is 14.7 Å². The highest BCUT2D eigenvalue weighted by Gasteiger charge is 2.35. The van der Waals surface area contributed by atoms with Gasteiger partial charge in [0.05, 0.1) is 6.61 Å². The number of carbonyl (C=O) groups is 2. The second-order valence-electron chi connectivity index (χ2n) is 4.50. The monoisotopic (exact) mass is 226 g/mol. The Labute approximate surface area is 94.8 Å². The molecule has 2 fully saturated rings. The van der Waals surface area contributed by atoms with E-state index in [4.69, 9.17) is 5.11 Å². The zero-order valence-electron chi connectivity index (χ0n) is 9.32. The fourth-order valence-electron chi connectivity index (χ4n) is 2.28. The molecule has 1 aliphatic carbocycles. The summed E-state index contributed by atoms with van der Waals surface area (Å²) in [5, 5.41) is 11.7. The molecule has 90 valence electrons. The van der Waals surface area contributed by atoms with Gasteiger partial charge in [0.25, 0.3) is 0 Å². The number of carbonyl (C=O) groups excluding carboxylic acids is 2. The van der Waals surface area contributed by atoms with Crippen molar-refractivity contribution in [2.75, 3.05) is 13.2 Å². The first-order valence-corrected chi connectivity index (χ1v) is 5.93. The minimum Gasteiger partial charge on any atom is -0.395 e. The molecule has 0 aromatic heterocycles. The first-order valence-electron chi connectivity index (χ1n) is 5.93. The Bertz CT molecular complexity index is 289. The van der Waals surface area contributed by atoms with Gasteiger partial charge in [-0.05, 0) is 25.7 Å². The zero-order chi connectivity index (χ0) is 11.5. The molecule has 2 amide bonds. The predicted octanol–water partition coefficient (Wildman–Crippen LogP) is -0.362. The van der Waals surface area contributed by atoms with Gasteiger partial charge in [0.2, 0.25) is 11.8 Å². The van der Waals surface area contributed by atoms with Gasteiger partial charge in [0.1, 0.15) is 6.04 Å². The molecule has 1 atom stereocenters. The van der Waals surface area contributed by atoms with Crippen molar-refractivity contribution in [1.29, 1.82) is 0 Å². The molecule has 1 aliphatic heterocycles. The fourth-order valence-corrected chi connectivity index (χ4v) is 2.28. The molecule has 5 nitrogen and oxygen atoms in total. The molecule has 5 heteroatoms. The Morgan fingerprint density at radius 1 is 1.44 bits per heavy atom. The van der Waals surface area contributed by atoms with Crippen molar-refractivity contribution in [2.24, 2.45) is 0 Å². The quantitative estimate of drug-likeness (QED) is 0.687. The number of aliphatic hydroxyl groups excluding tert-OH is 1. The van der Waals surface area contributed by atoms with Gasteiger partial charge in [-0.3, -0.25) is 9.59 Å². The number of hydrogen-bond donors (Lipinski definition) is 2. The van der Waals surface area contributed by atoms with E-state index < -0.39 is 0 Å². The third-order valence-electron chi connectivity index (χ3n) is 3.43. The minimum atomic E-state index is -0.361. The van der Waals surface area contributed by atoms with E-state index in [0.29, 0.717) is 19.4 Å². The Balaban J connectivity index is 1.95. The summed E-state index contributed by atoms with van der Waals surface area (Å²) >= 11 is 0. The van der Waals surface area contributed by atoms with Crippen LogP contribution in [0.2, 0.25) is 0 Å². The van der Waals surface area contributed by atoms with Gasteiger partial charge in [0.15, 0.2) is 0 Å². The van der Waals surface area contributed by atoms with Gasteiger partial charge >= 0.3 is 0 Å². The molecule has 2 N–H and O–H groups in total. The summed E-state index contributed by atoms with van der Waals surface area (Å²) in [7, 11) is 0. The Morgan fingerprint density at radius 3 is 2.62 bits per heavy atom. The highest BCUT2D eigenvalue weighted by atomic mass is 16.3. The van der Waals surface area contributed by atoms with Crippen LogP contribution in [0, 0.1) is 0 Å². The molecular formula is C11H18N2O3. The Morgan fingerprint density at radius 2 is 2.19 bits per heavy atom. The van der Waals surface area contributed by atoms with Crippen molar-refractivity contribution in [3.63, 3.8) is 0 Å². The van der Waals surface area contributed by atoms with Crippen LogP contribution in [-0.4, -0.2) is 47.1 Å². The smallest absolute Gasteiger partial charge is 0.245 e. The third-order valence-corrected chi connectivity index (χ3v) is 3.43. The average molecular weight is 226 g/mol. The third kappa shape index (κ3) is 2.19. The molecular weight excluding hydrogens is 208 g/mol. The Hall–Kier alpha value is -1.10. The lowest BCUT2D eigenvalue weighted by Gasteiger charge is -2.38. The molecule has 0 aromatic rings. The molecule has 0 spiro atoms. The molecule has 16 heavy (non-hydrogen) atoms. The second-order valence-corrected chi connectivity index (χ2v) is 4.50. The van der Waals surface area contributed by atoms with E-state index in [2.05, 4.69) is 5.32 Å². The van der Waals surface area contributed by atoms with E-state index in [1.807, 2.05) is 0 Å². The highest BCUT2D eigenvalue weighted by molar-refractivity contribution is 5.91. The van der Waals surface area contributed by atoms with E-state index in [0.717, 1.165) is 19.3 Å². The second kappa shape index (κ2) is 4.82. The normalized spacial score (nSPS) is 25.1. The van der Waals surface area contributed by atoms with Crippen LogP contribution < -0.4 is 5.32 Å². The fraction of sp³-hybridized carbons (Fsp3) is 0.818. The topological polar surface area (TPSA) is 69.6 Å². The van der Waals surface area contributed by atoms with Gasteiger partial charge in [-0.1, -0.05) is 0 Å². The van der Waals surface area contributed by atoms with Crippen LogP contribution in [0.25, 0.3) is 0 Å². The summed E-state index contributed by atoms with van der Waals surface area (Å²) in [6.07, 6.45) is 4.22. The molecule has 1 saturated carbocycles. The van der Waals surface area contributed by atoms with Gasteiger partial charge in [-0.2, -0.15) is 0 Å². The van der Waals surface area contributed by atoms with Crippen LogP contribution in [0.4, 0.5) is 0 Å². The number of nitrogens with one attached hydrogen (secondary N) is 1. The lowest BCUT2D eigenvalue weighted by molar-refractivity contribution is -0.138. The SMILES string of the molecule is O=C1CC[C@@H](C(=O)N(CCO)C2CCC2)N1. The highest BCUT2D eigenvalue weighted by Crippen LogP contribution is 2.26. The van der Waals surface area contributed by atoms with E-state index in [1.165, 1.54) is 0 Å². The number of rotatable bonds is 4. The molecule has 1 heterocycles. The van der Waals surface area contributed by atoms with Crippen LogP contribution in [0.5, 0.6) is 0 Å². The summed E-state index contributed by atoms with van der Waals surface area (Å²) < 4.78 is 0. The molecule has 0 bridgehead atoms. The maximum absolute atomic E-state index is 12.1. The number of amides is 2. The van der Waals surface area contributed by atoms with Crippen LogP contribution in [-0.2, 0) is 9.59 Å². The van der Waals surface area contributed by atoms with Crippen LogP contribution in [0.15, 0.2) is 0 Å². The van der Waals surface area contributed by atoms with Crippen molar-refractivity contribution in [3.8, 4) is 0 Å². The molecule has 1 saturated heterocycles. The number of hydrogen-bond acceptors (Lipinski definition) is 3. The van der Waals surface area contributed by atoms with Crippen molar-refractivity contribution >= 4 is 11.8 Å². The van der Waals surface area contributed by atoms with Crippen LogP contribution >= 0.6 is 0 Å². The van der Waals surface area contributed by atoms with Gasteiger partial charge < -0.3 is 15.3 Å². The number of aliphatic hydroxyl groups is 1. The summed E-state index contributed by atoms with van der Waals surface area (Å²) in [4.78, 5) is 24.9. The molecule has 2 rings (SSSR count). The van der Waals surface area contributed by atoms with Gasteiger partial charge in [-0.15, -0.1) is 0 Å². The molecule has 2 aliphatic rings. The van der Waals surface area contributed by atoms with Crippen molar-refractivity contribution in [3.05, 3.63) is 0 Å². The lowest BCUT2D eigenvalue weighted by Crippen LogP contribution is -2.52. The van der Waals surface area contributed by atoms with E-state index in [9.17, 15) is 9.59 Å². The summed E-state index contributed by atoms with van der Waals surface area (Å²) in [5.41, 5.74) is 0. The average Bonchev–Trinajstić information content (AvgIpc) is 2.60. The first kappa shape index (κ1) is 11.4. The van der Waals surface area contributed by atoms with E-state index in [1.54, 1.807) is 4.90 Å². The minimum absolute atomic E-state index is 0.0110. The maximum atomic E-state index is 12.1. The van der Waals surface area contributed by atoms with Crippen molar-refractivity contribution in [1.82, 2.24) is 10.2 Å². The predicted molar refractivity (Wildman–Crippen MR) is 57.6 cm³/mol. The van der Waals surface area contributed by atoms with Crippen LogP contribution in [0.1, 0.15) is 32.1 Å². The van der Waals surface area contributed by atoms with E-state index in [-0.39, 0.29) is 30.5 Å².